The third kappa shape index (κ3) is 33.5. The Morgan fingerprint density at radius 3 is 0.724 bits per heavy atom. The van der Waals surface area contributed by atoms with E-state index in [1.807, 2.05) is 109 Å². The Bertz CT molecular complexity index is 6440. The molecule has 0 fully saturated rings. The van der Waals surface area contributed by atoms with E-state index in [1.165, 1.54) is 99.3 Å². The number of fused-ring (bicyclic) bond motifs is 4. The number of hydrogen-bond donors (Lipinski definition) is 5. The number of phenolic OH excluding ortho intramolecular Hbond substituents is 2. The Hall–Kier alpha value is -13.6. The number of nitrogens with zero attached hydrogens (tertiary/aromatic N) is 10. The van der Waals surface area contributed by atoms with Crippen LogP contribution in [0.1, 0.15) is 122 Å². The fourth-order valence-electron chi connectivity index (χ4n) is 16.3. The van der Waals surface area contributed by atoms with Gasteiger partial charge < -0.3 is 35.0 Å². The zero-order valence-electron chi connectivity index (χ0n) is 84.4. The van der Waals surface area contributed by atoms with E-state index in [9.17, 15) is 9.59 Å². The first kappa shape index (κ1) is 117. The Labute approximate surface area is 903 Å². The molecule has 0 saturated carbocycles. The summed E-state index contributed by atoms with van der Waals surface area (Å²) in [6.45, 7) is 33.7. The second-order valence-electron chi connectivity index (χ2n) is 34.9. The monoisotopic (exact) mass is 2640 g/mol. The van der Waals surface area contributed by atoms with Crippen molar-refractivity contribution in [2.45, 2.75) is 130 Å². The standard InChI is InChI=1S/4C24H21N2.C8H9NO.C7H6O2.C6H5NO2.C5H12O4.4Ir/c4*1-15-9-16(2)12-19(11-15)23-24(20-13-17(3)10-18(4)14-20)26-22-8-6-5-7-21(22)25-23;1-9-6-7-4-2-3-5-8(7)10;8-5-6-3-1-2-4-7(6)9;8-6(9)5-3-1-2-4-7-5;1-8-4(6)3-5(7)9-2;;;;/h4*5-13H,1-4H3;2-6,10H,1H3;1-5,9H;1-4H,(H,8,9);4-7H,3H2,1-2H3;;;;/q4*-1;;;;;;;;. The number of phenols is 2. The molecule has 145 heavy (non-hydrogen) atoms. The molecule has 0 aliphatic carbocycles. The molecule has 19 aromatic rings. The fraction of sp³-hybridized carbons (Fsp3) is 0.180. The van der Waals surface area contributed by atoms with Gasteiger partial charge in [0.15, 0.2) is 18.9 Å². The predicted molar refractivity (Wildman–Crippen MR) is 570 cm³/mol. The number of carboxylic acid groups (broad SMARTS) is 1. The van der Waals surface area contributed by atoms with E-state index in [1.54, 1.807) is 55.7 Å². The second kappa shape index (κ2) is 56.1. The molecule has 5 aromatic heterocycles. The summed E-state index contributed by atoms with van der Waals surface area (Å²) < 4.78 is 8.88. The molecule has 5 N–H and O–H groups in total. The number of aryl methyl sites for hydroxylation is 16. The molecule has 0 saturated heterocycles. The fourth-order valence-corrected chi connectivity index (χ4v) is 16.3. The normalized spacial score (nSPS) is 10.8. The molecule has 19 rings (SSSR count). The van der Waals surface area contributed by atoms with Crippen molar-refractivity contribution in [3.05, 3.63) is 421 Å². The molecule has 4 radical (unpaired) electrons. The Morgan fingerprint density at radius 2 is 0.531 bits per heavy atom. The molecule has 0 bridgehead atoms. The number of ether oxygens (including phenoxy) is 2. The molecule has 14 aromatic carbocycles. The summed E-state index contributed by atoms with van der Waals surface area (Å²) in [6.07, 6.45) is 1.88. The summed E-state index contributed by atoms with van der Waals surface area (Å²) in [7, 11) is 4.38. The Kier molecular flexibility index (Phi) is 45.1. The first-order valence-corrected chi connectivity index (χ1v) is 46.1. The van der Waals surface area contributed by atoms with Gasteiger partial charge in [-0.2, -0.15) is 0 Å². The van der Waals surface area contributed by atoms with Crippen molar-refractivity contribution in [1.82, 2.24) is 44.9 Å². The summed E-state index contributed by atoms with van der Waals surface area (Å²) in [4.78, 5) is 67.4. The van der Waals surface area contributed by atoms with Crippen molar-refractivity contribution in [2.75, 3.05) is 21.3 Å². The first-order chi connectivity index (χ1) is 67.7. The van der Waals surface area contributed by atoms with Gasteiger partial charge in [0.1, 0.15) is 17.2 Å². The van der Waals surface area contributed by atoms with Crippen molar-refractivity contribution in [1.29, 1.82) is 0 Å². The van der Waals surface area contributed by atoms with E-state index in [0.717, 1.165) is 162 Å². The maximum absolute atomic E-state index is 10.1. The number of carbonyl (C=O) groups excluding carboxylic acids is 1. The average molecular weight is 2640 g/mol. The maximum atomic E-state index is 10.1. The van der Waals surface area contributed by atoms with Crippen LogP contribution < -0.4 is 0 Å². The van der Waals surface area contributed by atoms with E-state index >= 15 is 0 Å². The summed E-state index contributed by atoms with van der Waals surface area (Å²) >= 11 is 0. The Balaban J connectivity index is 0.000000209. The van der Waals surface area contributed by atoms with Crippen LogP contribution in [0.15, 0.2) is 296 Å². The zero-order valence-corrected chi connectivity index (χ0v) is 94.0. The van der Waals surface area contributed by atoms with E-state index in [2.05, 4.69) is 276 Å². The molecule has 0 spiro atoms. The number of methoxy groups -OCH3 is 2. The number of benzene rings is 14. The van der Waals surface area contributed by atoms with Gasteiger partial charge in [0.2, 0.25) is 0 Å². The number of hydrogen-bond acceptors (Lipinski definition) is 18. The van der Waals surface area contributed by atoms with Crippen LogP contribution in [0.4, 0.5) is 0 Å². The number of aldehydes is 1. The molecule has 748 valence electrons. The van der Waals surface area contributed by atoms with Gasteiger partial charge in [0.25, 0.3) is 0 Å². The number of aliphatic hydroxyl groups is 2. The summed E-state index contributed by atoms with van der Waals surface area (Å²) in [5, 5.41) is 43.7. The SMILES string of the molecule is CN=Cc1ccccc1O.COC(O)CC(O)OC.Cc1[c-]c(-c2nc3ccccc3nc2-c2cc(C)cc(C)c2)cc(C)c1.Cc1[c-]c(-c2nc3ccccc3nc2-c2cc(C)cc(C)c2)cc(C)c1.Cc1[c-]c(-c2nc3ccccc3nc2-c2cc(C)cc(C)c2)cc(C)c1.Cc1[c-]c(-c2nc3ccccc3nc2-c2cc(C)cc(C)c2)cc(C)c1.O=C(O)c1ccccn1.O=Cc1ccccc1O.[Ir].[Ir].[Ir].[Ir]. The van der Waals surface area contributed by atoms with Crippen LogP contribution >= 0.6 is 0 Å². The number of carboxylic acids is 1. The number of aliphatic hydroxyl groups excluding tert-OH is 2. The summed E-state index contributed by atoms with van der Waals surface area (Å²) in [5.74, 6) is -0.684. The predicted octanol–water partition coefficient (Wildman–Crippen LogP) is 26.7. The van der Waals surface area contributed by atoms with Crippen LogP contribution in [0.2, 0.25) is 0 Å². The smallest absolute Gasteiger partial charge is 0.354 e. The van der Waals surface area contributed by atoms with Crippen LogP contribution in [0.25, 0.3) is 134 Å². The van der Waals surface area contributed by atoms with Crippen molar-refractivity contribution < 1.29 is 125 Å². The minimum Gasteiger partial charge on any atom is -0.507 e. The minimum absolute atomic E-state index is 0. The number of para-hydroxylation sites is 10. The Morgan fingerprint density at radius 1 is 0.310 bits per heavy atom. The minimum atomic E-state index is -0.990. The zero-order chi connectivity index (χ0) is 101. The van der Waals surface area contributed by atoms with Gasteiger partial charge in [-0.3, -0.25) is 49.7 Å². The number of aromatic nitrogens is 9. The molecule has 19 nitrogen and oxygen atoms in total. The van der Waals surface area contributed by atoms with Crippen LogP contribution in [0, 0.1) is 135 Å². The molecule has 2 atom stereocenters. The van der Waals surface area contributed by atoms with Gasteiger partial charge in [0.05, 0.1) is 72.5 Å². The number of pyridine rings is 1. The van der Waals surface area contributed by atoms with Gasteiger partial charge in [-0.05, 0) is 163 Å². The van der Waals surface area contributed by atoms with Crippen molar-refractivity contribution in [3.63, 3.8) is 0 Å². The number of aromatic hydroxyl groups is 2. The van der Waals surface area contributed by atoms with Crippen LogP contribution in [0.3, 0.4) is 0 Å². The van der Waals surface area contributed by atoms with Gasteiger partial charge >= 0.3 is 5.97 Å². The topological polar surface area (TPSA) is 282 Å². The number of rotatable bonds is 15. The van der Waals surface area contributed by atoms with Gasteiger partial charge in [-0.1, -0.05) is 252 Å². The van der Waals surface area contributed by atoms with Crippen molar-refractivity contribution in [2.24, 2.45) is 4.99 Å². The van der Waals surface area contributed by atoms with Crippen LogP contribution in [-0.2, 0) is 89.9 Å². The third-order valence-electron chi connectivity index (χ3n) is 22.0. The molecule has 0 aliphatic heterocycles. The van der Waals surface area contributed by atoms with Crippen molar-refractivity contribution >= 4 is 62.6 Å². The number of carbonyl (C=O) groups is 2. The van der Waals surface area contributed by atoms with Gasteiger partial charge in [-0.15, -0.1) is 140 Å². The number of aromatic carboxylic acids is 1. The van der Waals surface area contributed by atoms with E-state index < -0.39 is 18.5 Å². The molecular formula is C122H116Ir4N10O9-4. The second-order valence-corrected chi connectivity index (χ2v) is 34.9. The first-order valence-electron chi connectivity index (χ1n) is 46.1. The van der Waals surface area contributed by atoms with E-state index in [-0.39, 0.29) is 104 Å². The quantitative estimate of drug-likeness (QED) is 0.0276. The average Bonchev–Trinajstić information content (AvgIpc) is 0.786. The van der Waals surface area contributed by atoms with Crippen LogP contribution in [0.5, 0.6) is 11.5 Å². The third-order valence-corrected chi connectivity index (χ3v) is 22.0. The van der Waals surface area contributed by atoms with E-state index in [4.69, 9.17) is 65.4 Å². The molecule has 23 heteroatoms. The number of aliphatic imine (C=N–C) groups is 1. The molecule has 2 unspecified atom stereocenters. The van der Waals surface area contributed by atoms with Gasteiger partial charge in [0, 0.05) is 149 Å². The summed E-state index contributed by atoms with van der Waals surface area (Å²) in [6, 6.07) is 107. The molecule has 0 aliphatic rings. The summed E-state index contributed by atoms with van der Waals surface area (Å²) in [5.41, 5.74) is 43.1. The largest absolute Gasteiger partial charge is 0.507 e. The molecular weight excluding hydrogens is 2520 g/mol. The van der Waals surface area contributed by atoms with Crippen LogP contribution in [-0.4, -0.2) is 123 Å². The maximum Gasteiger partial charge on any atom is 0.354 e. The van der Waals surface area contributed by atoms with E-state index in [0.29, 0.717) is 11.8 Å². The molecule has 0 amide bonds. The van der Waals surface area contributed by atoms with Crippen molar-refractivity contribution in [3.8, 4) is 102 Å². The molecule has 5 heterocycles. The van der Waals surface area contributed by atoms with Gasteiger partial charge in [-0.25, -0.2) is 9.78 Å².